The molecule has 0 bridgehead atoms. The van der Waals surface area contributed by atoms with Gasteiger partial charge in [0, 0.05) is 19.2 Å². The zero-order chi connectivity index (χ0) is 13.4. The maximum atomic E-state index is 5.93. The summed E-state index contributed by atoms with van der Waals surface area (Å²) in [5, 5.41) is 4.31. The molecule has 19 heavy (non-hydrogen) atoms. The van der Waals surface area contributed by atoms with Crippen molar-refractivity contribution >= 4 is 28.4 Å². The topological polar surface area (TPSA) is 87.3 Å². The highest BCUT2D eigenvalue weighted by molar-refractivity contribution is 6.33. The molecular formula is C12H10ClN3O3. The standard InChI is InChI=1S/C12H10ClN3O3/c1-17-5-6-2-10(16-19-6)12-15-9-3-7(13)8(14)4-11(9)18-12/h2-4H,5,14H2,1H3. The van der Waals surface area contributed by atoms with E-state index in [1.165, 1.54) is 0 Å². The zero-order valence-electron chi connectivity index (χ0n) is 10.0. The van der Waals surface area contributed by atoms with E-state index in [4.69, 9.17) is 31.0 Å². The van der Waals surface area contributed by atoms with Gasteiger partial charge in [0.25, 0.3) is 0 Å². The molecule has 0 saturated heterocycles. The number of methoxy groups -OCH3 is 1. The third-order valence-corrected chi connectivity index (χ3v) is 2.90. The van der Waals surface area contributed by atoms with E-state index >= 15 is 0 Å². The van der Waals surface area contributed by atoms with Crippen molar-refractivity contribution < 1.29 is 13.7 Å². The molecule has 0 atom stereocenters. The molecule has 0 aliphatic rings. The Balaban J connectivity index is 2.04. The van der Waals surface area contributed by atoms with Crippen molar-refractivity contribution in [2.75, 3.05) is 12.8 Å². The highest BCUT2D eigenvalue weighted by Gasteiger charge is 2.14. The number of fused-ring (bicyclic) bond motifs is 1. The van der Waals surface area contributed by atoms with E-state index in [0.29, 0.717) is 45.8 Å². The molecule has 0 aliphatic carbocycles. The van der Waals surface area contributed by atoms with Gasteiger partial charge in [-0.15, -0.1) is 0 Å². The predicted octanol–water partition coefficient (Wildman–Crippen LogP) is 2.86. The smallest absolute Gasteiger partial charge is 0.249 e. The Kier molecular flexibility index (Phi) is 2.88. The van der Waals surface area contributed by atoms with Gasteiger partial charge in [0.15, 0.2) is 17.0 Å². The molecule has 0 unspecified atom stereocenters. The van der Waals surface area contributed by atoms with E-state index in [1.807, 2.05) is 0 Å². The largest absolute Gasteiger partial charge is 0.435 e. The number of oxazole rings is 1. The van der Waals surface area contributed by atoms with Crippen molar-refractivity contribution in [1.82, 2.24) is 10.1 Å². The number of anilines is 1. The lowest BCUT2D eigenvalue weighted by Crippen LogP contribution is -1.84. The van der Waals surface area contributed by atoms with Gasteiger partial charge < -0.3 is 19.4 Å². The normalized spacial score (nSPS) is 11.3. The Hall–Kier alpha value is -2.05. The number of hydrogen-bond acceptors (Lipinski definition) is 6. The Morgan fingerprint density at radius 3 is 3.00 bits per heavy atom. The van der Waals surface area contributed by atoms with Gasteiger partial charge >= 0.3 is 0 Å². The first-order valence-electron chi connectivity index (χ1n) is 5.48. The van der Waals surface area contributed by atoms with Crippen molar-refractivity contribution in [2.24, 2.45) is 0 Å². The van der Waals surface area contributed by atoms with E-state index in [1.54, 1.807) is 25.3 Å². The maximum absolute atomic E-state index is 5.93. The number of nitrogens with two attached hydrogens (primary N) is 1. The van der Waals surface area contributed by atoms with Crippen molar-refractivity contribution in [3.63, 3.8) is 0 Å². The van der Waals surface area contributed by atoms with Crippen molar-refractivity contribution in [2.45, 2.75) is 6.61 Å². The van der Waals surface area contributed by atoms with Crippen LogP contribution in [0.3, 0.4) is 0 Å². The van der Waals surface area contributed by atoms with Crippen LogP contribution in [0.5, 0.6) is 0 Å². The lowest BCUT2D eigenvalue weighted by Gasteiger charge is -1.94. The molecule has 0 saturated carbocycles. The second-order valence-corrected chi connectivity index (χ2v) is 4.38. The number of nitrogen functional groups attached to an aromatic ring is 1. The summed E-state index contributed by atoms with van der Waals surface area (Å²) in [6.45, 7) is 0.339. The van der Waals surface area contributed by atoms with Crippen molar-refractivity contribution in [3.8, 4) is 11.6 Å². The summed E-state index contributed by atoms with van der Waals surface area (Å²) in [7, 11) is 1.58. The number of benzene rings is 1. The molecule has 2 heterocycles. The van der Waals surface area contributed by atoms with Crippen LogP contribution in [0, 0.1) is 0 Å². The van der Waals surface area contributed by atoms with Gasteiger partial charge in [-0.25, -0.2) is 4.98 Å². The first-order valence-corrected chi connectivity index (χ1v) is 5.85. The van der Waals surface area contributed by atoms with Crippen molar-refractivity contribution in [1.29, 1.82) is 0 Å². The maximum Gasteiger partial charge on any atom is 0.249 e. The molecule has 2 aromatic heterocycles. The molecule has 2 N–H and O–H groups in total. The summed E-state index contributed by atoms with van der Waals surface area (Å²) in [5.41, 5.74) is 7.81. The van der Waals surface area contributed by atoms with Crippen LogP contribution in [-0.2, 0) is 11.3 Å². The Morgan fingerprint density at radius 2 is 2.21 bits per heavy atom. The van der Waals surface area contributed by atoms with Gasteiger partial charge in [-0.1, -0.05) is 16.8 Å². The highest BCUT2D eigenvalue weighted by atomic mass is 35.5. The average molecular weight is 280 g/mol. The Morgan fingerprint density at radius 1 is 1.37 bits per heavy atom. The molecule has 0 amide bonds. The average Bonchev–Trinajstić information content (AvgIpc) is 2.97. The summed E-state index contributed by atoms with van der Waals surface area (Å²) < 4.78 is 15.6. The van der Waals surface area contributed by atoms with Crippen LogP contribution in [0.25, 0.3) is 22.7 Å². The van der Waals surface area contributed by atoms with Crippen LogP contribution < -0.4 is 5.73 Å². The molecule has 3 rings (SSSR count). The second-order valence-electron chi connectivity index (χ2n) is 3.97. The van der Waals surface area contributed by atoms with E-state index in [9.17, 15) is 0 Å². The molecule has 6 nitrogen and oxygen atoms in total. The Bertz CT molecular complexity index is 696. The SMILES string of the molecule is COCc1cc(-c2nc3cc(Cl)c(N)cc3o2)no1. The van der Waals surface area contributed by atoms with Crippen molar-refractivity contribution in [3.05, 3.63) is 29.0 Å². The number of halogens is 1. The molecule has 0 radical (unpaired) electrons. The Labute approximate surface area is 113 Å². The number of rotatable bonds is 3. The fraction of sp³-hybridized carbons (Fsp3) is 0.167. The van der Waals surface area contributed by atoms with Gasteiger partial charge in [-0.3, -0.25) is 0 Å². The van der Waals surface area contributed by atoms with Crippen LogP contribution >= 0.6 is 11.6 Å². The van der Waals surface area contributed by atoms with E-state index in [-0.39, 0.29) is 0 Å². The van der Waals surface area contributed by atoms with Crippen LogP contribution in [0.4, 0.5) is 5.69 Å². The quantitative estimate of drug-likeness (QED) is 0.742. The third kappa shape index (κ3) is 2.16. The van der Waals surface area contributed by atoms with Crippen LogP contribution in [0.2, 0.25) is 5.02 Å². The fourth-order valence-electron chi connectivity index (χ4n) is 1.70. The summed E-state index contributed by atoms with van der Waals surface area (Å²) in [6.07, 6.45) is 0. The van der Waals surface area contributed by atoms with Gasteiger partial charge in [0.05, 0.1) is 10.7 Å². The number of ether oxygens (including phenoxy) is 1. The van der Waals surface area contributed by atoms with Gasteiger partial charge in [-0.05, 0) is 6.07 Å². The molecule has 0 spiro atoms. The predicted molar refractivity (Wildman–Crippen MR) is 69.6 cm³/mol. The minimum absolute atomic E-state index is 0.339. The van der Waals surface area contributed by atoms with E-state index < -0.39 is 0 Å². The lowest BCUT2D eigenvalue weighted by atomic mass is 10.3. The number of aromatic nitrogens is 2. The summed E-state index contributed by atoms with van der Waals surface area (Å²) >= 11 is 5.93. The second kappa shape index (κ2) is 4.56. The molecule has 0 fully saturated rings. The highest BCUT2D eigenvalue weighted by Crippen LogP contribution is 2.29. The van der Waals surface area contributed by atoms with E-state index in [2.05, 4.69) is 10.1 Å². The molecule has 0 aliphatic heterocycles. The number of nitrogens with zero attached hydrogens (tertiary/aromatic N) is 2. The van der Waals surface area contributed by atoms with Gasteiger partial charge in [-0.2, -0.15) is 0 Å². The molecule has 98 valence electrons. The lowest BCUT2D eigenvalue weighted by molar-refractivity contribution is 0.156. The summed E-state index contributed by atoms with van der Waals surface area (Å²) in [5.74, 6) is 0.945. The zero-order valence-corrected chi connectivity index (χ0v) is 10.8. The molecule has 3 aromatic rings. The fourth-order valence-corrected chi connectivity index (χ4v) is 1.86. The van der Waals surface area contributed by atoms with Crippen LogP contribution in [0.1, 0.15) is 5.76 Å². The summed E-state index contributed by atoms with van der Waals surface area (Å²) in [4.78, 5) is 4.29. The minimum Gasteiger partial charge on any atom is -0.435 e. The first kappa shape index (κ1) is 12.0. The third-order valence-electron chi connectivity index (χ3n) is 2.57. The monoisotopic (exact) mass is 279 g/mol. The van der Waals surface area contributed by atoms with Gasteiger partial charge in [0.1, 0.15) is 12.1 Å². The molecule has 1 aromatic carbocycles. The molecule has 7 heteroatoms. The van der Waals surface area contributed by atoms with Gasteiger partial charge in [0.2, 0.25) is 5.89 Å². The molecular weight excluding hydrogens is 270 g/mol. The number of hydrogen-bond donors (Lipinski definition) is 1. The minimum atomic E-state index is 0.339. The summed E-state index contributed by atoms with van der Waals surface area (Å²) in [6, 6.07) is 4.98. The first-order chi connectivity index (χ1) is 9.17. The van der Waals surface area contributed by atoms with E-state index in [0.717, 1.165) is 0 Å². The van der Waals surface area contributed by atoms with Crippen LogP contribution in [-0.4, -0.2) is 17.3 Å². The van der Waals surface area contributed by atoms with Crippen LogP contribution in [0.15, 0.2) is 27.1 Å².